The molecule has 0 aliphatic heterocycles. The maximum Gasteiger partial charge on any atom is 0.148 e. The van der Waals surface area contributed by atoms with Gasteiger partial charge in [0.05, 0.1) is 5.75 Å². The lowest BCUT2D eigenvalue weighted by Crippen LogP contribution is -2.09. The molecular formula is C8H16O3S2. The first-order chi connectivity index (χ1) is 5.81. The molecule has 1 atom stereocenters. The molecule has 0 bridgehead atoms. The van der Waals surface area contributed by atoms with Crippen LogP contribution in [0.2, 0.25) is 0 Å². The van der Waals surface area contributed by atoms with Crippen molar-refractivity contribution in [1.82, 2.24) is 0 Å². The molecule has 0 aromatic carbocycles. The van der Waals surface area contributed by atoms with E-state index in [-0.39, 0.29) is 16.8 Å². The maximum atomic E-state index is 10.8. The van der Waals surface area contributed by atoms with Crippen LogP contribution in [0.4, 0.5) is 0 Å². The number of Topliss-reactive ketones (excluding diaryl/α,β-unsaturated/α-hetero) is 1. The first-order valence-electron chi connectivity index (χ1n) is 4.10. The van der Waals surface area contributed by atoms with Gasteiger partial charge in [-0.25, -0.2) is 8.42 Å². The summed E-state index contributed by atoms with van der Waals surface area (Å²) in [6.45, 7) is 3.49. The topological polar surface area (TPSA) is 51.2 Å². The van der Waals surface area contributed by atoms with Crippen LogP contribution in [0, 0.1) is 0 Å². The molecule has 13 heavy (non-hydrogen) atoms. The third-order valence-corrected chi connectivity index (χ3v) is 3.81. The molecular weight excluding hydrogens is 208 g/mol. The fraction of sp³-hybridized carbons (Fsp3) is 0.875. The minimum atomic E-state index is -2.85. The Kier molecular flexibility index (Phi) is 5.64. The van der Waals surface area contributed by atoms with Crippen molar-refractivity contribution in [3.63, 3.8) is 0 Å². The zero-order valence-corrected chi connectivity index (χ0v) is 9.87. The molecule has 0 fully saturated rings. The third kappa shape index (κ3) is 9.89. The van der Waals surface area contributed by atoms with Crippen LogP contribution < -0.4 is 0 Å². The second kappa shape index (κ2) is 5.65. The molecule has 0 saturated carbocycles. The number of carbonyl (C=O) groups excluding carboxylic acids is 1. The molecule has 0 saturated heterocycles. The molecule has 0 heterocycles. The van der Waals surface area contributed by atoms with Gasteiger partial charge in [-0.1, -0.05) is 6.92 Å². The van der Waals surface area contributed by atoms with Gasteiger partial charge in [-0.2, -0.15) is 11.8 Å². The Labute approximate surface area is 84.2 Å². The lowest BCUT2D eigenvalue weighted by atomic mass is 10.2. The van der Waals surface area contributed by atoms with Gasteiger partial charge < -0.3 is 0 Å². The predicted molar refractivity (Wildman–Crippen MR) is 56.9 cm³/mol. The quantitative estimate of drug-likeness (QED) is 0.678. The van der Waals surface area contributed by atoms with Crippen LogP contribution in [-0.2, 0) is 14.6 Å². The van der Waals surface area contributed by atoms with E-state index in [1.165, 1.54) is 18.0 Å². The van der Waals surface area contributed by atoms with Gasteiger partial charge in [0.1, 0.15) is 15.6 Å². The van der Waals surface area contributed by atoms with E-state index in [0.29, 0.717) is 12.2 Å². The summed E-state index contributed by atoms with van der Waals surface area (Å²) in [6, 6.07) is 0. The van der Waals surface area contributed by atoms with Crippen LogP contribution in [0.5, 0.6) is 0 Å². The molecule has 0 aromatic heterocycles. The molecule has 0 N–H and O–H groups in total. The van der Waals surface area contributed by atoms with Crippen molar-refractivity contribution in [3.05, 3.63) is 0 Å². The van der Waals surface area contributed by atoms with E-state index in [1.54, 1.807) is 6.92 Å². The summed E-state index contributed by atoms with van der Waals surface area (Å²) in [5.74, 6) is 0.923. The molecule has 0 rings (SSSR count). The lowest BCUT2D eigenvalue weighted by molar-refractivity contribution is -0.116. The normalized spacial score (nSPS) is 14.1. The second-order valence-electron chi connectivity index (χ2n) is 3.22. The van der Waals surface area contributed by atoms with Gasteiger partial charge in [0.25, 0.3) is 0 Å². The summed E-state index contributed by atoms with van der Waals surface area (Å²) in [6.07, 6.45) is 1.75. The number of ketones is 1. The average Bonchev–Trinajstić information content (AvgIpc) is 1.81. The standard InChI is InChI=1S/C8H16O3S2/c1-7(9)6-8(2)12-4-5-13(3,10)11/h8H,4-6H2,1-3H3. The summed E-state index contributed by atoms with van der Waals surface area (Å²) in [5, 5.41) is 0.222. The zero-order chi connectivity index (χ0) is 10.5. The van der Waals surface area contributed by atoms with Crippen molar-refractivity contribution >= 4 is 27.4 Å². The maximum absolute atomic E-state index is 10.8. The van der Waals surface area contributed by atoms with E-state index >= 15 is 0 Å². The van der Waals surface area contributed by atoms with Crippen LogP contribution >= 0.6 is 11.8 Å². The minimum absolute atomic E-state index is 0.152. The van der Waals surface area contributed by atoms with Gasteiger partial charge in [0.15, 0.2) is 0 Å². The molecule has 0 aliphatic carbocycles. The molecule has 78 valence electrons. The Bertz CT molecular complexity index is 257. The second-order valence-corrected chi connectivity index (χ2v) is 7.02. The van der Waals surface area contributed by atoms with E-state index in [1.807, 2.05) is 6.92 Å². The summed E-state index contributed by atoms with van der Waals surface area (Å²) in [7, 11) is -2.85. The van der Waals surface area contributed by atoms with Crippen LogP contribution in [0.15, 0.2) is 0 Å². The first kappa shape index (κ1) is 13.0. The average molecular weight is 224 g/mol. The minimum Gasteiger partial charge on any atom is -0.300 e. The number of thioether (sulfide) groups is 1. The predicted octanol–water partition coefficient (Wildman–Crippen LogP) is 1.13. The van der Waals surface area contributed by atoms with Crippen molar-refractivity contribution in [2.45, 2.75) is 25.5 Å². The summed E-state index contributed by atoms with van der Waals surface area (Å²) in [5.41, 5.74) is 0. The van der Waals surface area contributed by atoms with Crippen molar-refractivity contribution in [2.24, 2.45) is 0 Å². The van der Waals surface area contributed by atoms with Crippen LogP contribution in [0.25, 0.3) is 0 Å². The number of sulfone groups is 1. The number of rotatable bonds is 6. The van der Waals surface area contributed by atoms with Crippen molar-refractivity contribution in [1.29, 1.82) is 0 Å². The Morgan fingerprint density at radius 3 is 2.38 bits per heavy atom. The lowest BCUT2D eigenvalue weighted by Gasteiger charge is -2.07. The fourth-order valence-corrected chi connectivity index (χ4v) is 3.22. The van der Waals surface area contributed by atoms with Gasteiger partial charge in [-0.05, 0) is 6.92 Å². The van der Waals surface area contributed by atoms with E-state index in [4.69, 9.17) is 0 Å². The number of hydrogen-bond donors (Lipinski definition) is 0. The Balaban J connectivity index is 3.60. The highest BCUT2D eigenvalue weighted by molar-refractivity contribution is 8.01. The van der Waals surface area contributed by atoms with Gasteiger partial charge >= 0.3 is 0 Å². The molecule has 0 radical (unpaired) electrons. The van der Waals surface area contributed by atoms with Gasteiger partial charge in [0, 0.05) is 23.7 Å². The summed E-state index contributed by atoms with van der Waals surface area (Å²) in [4.78, 5) is 10.7. The molecule has 1 unspecified atom stereocenters. The monoisotopic (exact) mass is 224 g/mol. The molecule has 3 nitrogen and oxygen atoms in total. The summed E-state index contributed by atoms with van der Waals surface area (Å²) < 4.78 is 21.5. The van der Waals surface area contributed by atoms with Gasteiger partial charge in [-0.3, -0.25) is 4.79 Å². The van der Waals surface area contributed by atoms with E-state index in [2.05, 4.69) is 0 Å². The van der Waals surface area contributed by atoms with E-state index < -0.39 is 9.84 Å². The van der Waals surface area contributed by atoms with E-state index in [9.17, 15) is 13.2 Å². The van der Waals surface area contributed by atoms with Crippen molar-refractivity contribution in [3.8, 4) is 0 Å². The van der Waals surface area contributed by atoms with Crippen LogP contribution in [0.1, 0.15) is 20.3 Å². The third-order valence-electron chi connectivity index (χ3n) is 1.43. The molecule has 0 spiro atoms. The number of carbonyl (C=O) groups is 1. The largest absolute Gasteiger partial charge is 0.300 e. The molecule has 0 aliphatic rings. The van der Waals surface area contributed by atoms with Crippen LogP contribution in [0.3, 0.4) is 0 Å². The molecule has 0 aromatic rings. The highest BCUT2D eigenvalue weighted by Crippen LogP contribution is 2.14. The smallest absolute Gasteiger partial charge is 0.148 e. The zero-order valence-electron chi connectivity index (χ0n) is 8.24. The van der Waals surface area contributed by atoms with Gasteiger partial charge in [0.2, 0.25) is 0 Å². The SMILES string of the molecule is CC(=O)CC(C)SCCS(C)(=O)=O. The van der Waals surface area contributed by atoms with E-state index in [0.717, 1.165) is 0 Å². The molecule has 0 amide bonds. The van der Waals surface area contributed by atoms with Gasteiger partial charge in [-0.15, -0.1) is 0 Å². The van der Waals surface area contributed by atoms with Crippen molar-refractivity contribution < 1.29 is 13.2 Å². The van der Waals surface area contributed by atoms with Crippen molar-refractivity contribution in [2.75, 3.05) is 17.8 Å². The Hall–Kier alpha value is -0.0300. The summed E-state index contributed by atoms with van der Waals surface area (Å²) >= 11 is 1.53. The number of hydrogen-bond acceptors (Lipinski definition) is 4. The van der Waals surface area contributed by atoms with Crippen LogP contribution in [-0.4, -0.2) is 37.2 Å². The highest BCUT2D eigenvalue weighted by atomic mass is 32.2. The Morgan fingerprint density at radius 2 is 2.00 bits per heavy atom. The fourth-order valence-electron chi connectivity index (χ4n) is 0.864. The first-order valence-corrected chi connectivity index (χ1v) is 7.21. The Morgan fingerprint density at radius 1 is 1.46 bits per heavy atom. The molecule has 5 heteroatoms. The highest BCUT2D eigenvalue weighted by Gasteiger charge is 2.07.